The highest BCUT2D eigenvalue weighted by Crippen LogP contribution is 2.19. The van der Waals surface area contributed by atoms with Gasteiger partial charge in [0.15, 0.2) is 0 Å². The van der Waals surface area contributed by atoms with Crippen molar-refractivity contribution in [2.24, 2.45) is 5.73 Å². The van der Waals surface area contributed by atoms with Gasteiger partial charge in [-0.2, -0.15) is 0 Å². The van der Waals surface area contributed by atoms with E-state index < -0.39 is 0 Å². The lowest BCUT2D eigenvalue weighted by molar-refractivity contribution is 1.03. The molecule has 0 amide bonds. The third-order valence-corrected chi connectivity index (χ3v) is 2.32. The van der Waals surface area contributed by atoms with Crippen molar-refractivity contribution < 1.29 is 0 Å². The molecule has 2 N–H and O–H groups in total. The molecule has 11 heavy (non-hydrogen) atoms. The van der Waals surface area contributed by atoms with E-state index in [1.54, 1.807) is 0 Å². The van der Waals surface area contributed by atoms with Crippen LogP contribution in [0.2, 0.25) is 0 Å². The van der Waals surface area contributed by atoms with Crippen molar-refractivity contribution >= 4 is 15.9 Å². The SMILES string of the molecule is Cc1cc(Br)cc(C)c1CN. The van der Waals surface area contributed by atoms with Crippen molar-refractivity contribution in [2.75, 3.05) is 0 Å². The topological polar surface area (TPSA) is 26.0 Å². The van der Waals surface area contributed by atoms with Crippen LogP contribution in [-0.2, 0) is 6.54 Å². The molecule has 0 aliphatic heterocycles. The van der Waals surface area contributed by atoms with E-state index in [0.717, 1.165) is 4.47 Å². The number of nitrogens with two attached hydrogens (primary N) is 1. The van der Waals surface area contributed by atoms with Crippen LogP contribution in [0, 0.1) is 13.8 Å². The van der Waals surface area contributed by atoms with Gasteiger partial charge in [0, 0.05) is 11.0 Å². The molecule has 1 aromatic rings. The largest absolute Gasteiger partial charge is 0.326 e. The molecule has 0 aliphatic rings. The molecule has 0 atom stereocenters. The van der Waals surface area contributed by atoms with E-state index in [4.69, 9.17) is 5.73 Å². The molecule has 0 aliphatic carbocycles. The van der Waals surface area contributed by atoms with E-state index >= 15 is 0 Å². The smallest absolute Gasteiger partial charge is 0.0183 e. The van der Waals surface area contributed by atoms with Crippen molar-refractivity contribution in [1.29, 1.82) is 0 Å². The normalized spacial score (nSPS) is 10.2. The highest BCUT2D eigenvalue weighted by molar-refractivity contribution is 9.10. The molecule has 0 bridgehead atoms. The average Bonchev–Trinajstić information content (AvgIpc) is 1.85. The second-order valence-electron chi connectivity index (χ2n) is 2.72. The summed E-state index contributed by atoms with van der Waals surface area (Å²) in [7, 11) is 0. The van der Waals surface area contributed by atoms with Gasteiger partial charge in [0.1, 0.15) is 0 Å². The molecule has 0 heterocycles. The van der Waals surface area contributed by atoms with Crippen LogP contribution < -0.4 is 5.73 Å². The van der Waals surface area contributed by atoms with Crippen LogP contribution in [-0.4, -0.2) is 0 Å². The molecule has 0 saturated carbocycles. The Bertz CT molecular complexity index is 245. The third-order valence-electron chi connectivity index (χ3n) is 1.86. The van der Waals surface area contributed by atoms with Crippen molar-refractivity contribution in [3.63, 3.8) is 0 Å². The number of rotatable bonds is 1. The highest BCUT2D eigenvalue weighted by atomic mass is 79.9. The Morgan fingerprint density at radius 1 is 1.27 bits per heavy atom. The molecule has 1 rings (SSSR count). The highest BCUT2D eigenvalue weighted by Gasteiger charge is 2.00. The van der Waals surface area contributed by atoms with Gasteiger partial charge >= 0.3 is 0 Å². The molecular formula is C9H12BrN. The zero-order valence-electron chi connectivity index (χ0n) is 6.82. The number of hydrogen-bond donors (Lipinski definition) is 1. The van der Waals surface area contributed by atoms with E-state index in [2.05, 4.69) is 41.9 Å². The molecule has 0 radical (unpaired) electrons. The Balaban J connectivity index is 3.25. The van der Waals surface area contributed by atoms with Gasteiger partial charge in [-0.1, -0.05) is 15.9 Å². The summed E-state index contributed by atoms with van der Waals surface area (Å²) in [6.07, 6.45) is 0. The van der Waals surface area contributed by atoms with Gasteiger partial charge in [-0.15, -0.1) is 0 Å². The monoisotopic (exact) mass is 213 g/mol. The molecule has 1 aromatic carbocycles. The standard InChI is InChI=1S/C9H12BrN/c1-6-3-8(10)4-7(2)9(6)5-11/h3-4H,5,11H2,1-2H3. The minimum absolute atomic E-state index is 0.630. The third kappa shape index (κ3) is 1.82. The Morgan fingerprint density at radius 2 is 1.73 bits per heavy atom. The molecule has 0 fully saturated rings. The summed E-state index contributed by atoms with van der Waals surface area (Å²) in [5.74, 6) is 0. The van der Waals surface area contributed by atoms with Gasteiger partial charge in [0.05, 0.1) is 0 Å². The van der Waals surface area contributed by atoms with Gasteiger partial charge in [-0.3, -0.25) is 0 Å². The summed E-state index contributed by atoms with van der Waals surface area (Å²) < 4.78 is 1.13. The lowest BCUT2D eigenvalue weighted by Crippen LogP contribution is -2.01. The quantitative estimate of drug-likeness (QED) is 0.763. The molecule has 0 spiro atoms. The first-order chi connectivity index (χ1) is 5.15. The second-order valence-corrected chi connectivity index (χ2v) is 3.64. The summed E-state index contributed by atoms with van der Waals surface area (Å²) in [5, 5.41) is 0. The fourth-order valence-electron chi connectivity index (χ4n) is 1.26. The molecule has 0 saturated heterocycles. The summed E-state index contributed by atoms with van der Waals surface area (Å²) in [6.45, 7) is 4.80. The predicted molar refractivity (Wildman–Crippen MR) is 51.5 cm³/mol. The first-order valence-electron chi connectivity index (χ1n) is 3.61. The molecular weight excluding hydrogens is 202 g/mol. The lowest BCUT2D eigenvalue weighted by Gasteiger charge is -2.07. The first kappa shape index (κ1) is 8.75. The molecule has 1 nitrogen and oxygen atoms in total. The van der Waals surface area contributed by atoms with Gasteiger partial charge in [-0.05, 0) is 42.7 Å². The Kier molecular flexibility index (Phi) is 2.68. The Labute approximate surface area is 75.7 Å². The zero-order chi connectivity index (χ0) is 8.43. The van der Waals surface area contributed by atoms with E-state index in [0.29, 0.717) is 6.54 Å². The number of aryl methyl sites for hydroxylation is 2. The van der Waals surface area contributed by atoms with Crippen molar-refractivity contribution in [3.05, 3.63) is 33.3 Å². The summed E-state index contributed by atoms with van der Waals surface area (Å²) in [5.41, 5.74) is 9.37. The Hall–Kier alpha value is -0.340. The molecule has 0 aromatic heterocycles. The fourth-order valence-corrected chi connectivity index (χ4v) is 1.95. The zero-order valence-corrected chi connectivity index (χ0v) is 8.40. The summed E-state index contributed by atoms with van der Waals surface area (Å²) in [6, 6.07) is 4.18. The molecule has 0 unspecified atom stereocenters. The number of halogens is 1. The van der Waals surface area contributed by atoms with Crippen LogP contribution in [0.15, 0.2) is 16.6 Å². The Morgan fingerprint density at radius 3 is 2.09 bits per heavy atom. The van der Waals surface area contributed by atoms with Gasteiger partial charge in [0.25, 0.3) is 0 Å². The number of hydrogen-bond acceptors (Lipinski definition) is 1. The lowest BCUT2D eigenvalue weighted by atomic mass is 10.0. The van der Waals surface area contributed by atoms with Crippen LogP contribution in [0.5, 0.6) is 0 Å². The first-order valence-corrected chi connectivity index (χ1v) is 4.40. The van der Waals surface area contributed by atoms with Crippen LogP contribution >= 0.6 is 15.9 Å². The van der Waals surface area contributed by atoms with Crippen LogP contribution in [0.4, 0.5) is 0 Å². The maximum absolute atomic E-state index is 5.59. The van der Waals surface area contributed by atoms with Crippen molar-refractivity contribution in [1.82, 2.24) is 0 Å². The van der Waals surface area contributed by atoms with E-state index in [1.807, 2.05) is 0 Å². The fraction of sp³-hybridized carbons (Fsp3) is 0.333. The maximum atomic E-state index is 5.59. The maximum Gasteiger partial charge on any atom is 0.0183 e. The summed E-state index contributed by atoms with van der Waals surface area (Å²) >= 11 is 3.44. The predicted octanol–water partition coefficient (Wildman–Crippen LogP) is 2.52. The van der Waals surface area contributed by atoms with Crippen LogP contribution in [0.1, 0.15) is 16.7 Å². The molecule has 60 valence electrons. The van der Waals surface area contributed by atoms with E-state index in [1.165, 1.54) is 16.7 Å². The second kappa shape index (κ2) is 3.37. The van der Waals surface area contributed by atoms with Gasteiger partial charge in [0.2, 0.25) is 0 Å². The van der Waals surface area contributed by atoms with Crippen molar-refractivity contribution in [3.8, 4) is 0 Å². The molecule has 2 heteroatoms. The van der Waals surface area contributed by atoms with Gasteiger partial charge in [-0.25, -0.2) is 0 Å². The van der Waals surface area contributed by atoms with E-state index in [-0.39, 0.29) is 0 Å². The van der Waals surface area contributed by atoms with Gasteiger partial charge < -0.3 is 5.73 Å². The average molecular weight is 214 g/mol. The minimum Gasteiger partial charge on any atom is -0.326 e. The van der Waals surface area contributed by atoms with Crippen LogP contribution in [0.25, 0.3) is 0 Å². The van der Waals surface area contributed by atoms with Crippen molar-refractivity contribution in [2.45, 2.75) is 20.4 Å². The van der Waals surface area contributed by atoms with E-state index in [9.17, 15) is 0 Å². The minimum atomic E-state index is 0.630. The van der Waals surface area contributed by atoms with Crippen LogP contribution in [0.3, 0.4) is 0 Å². The summed E-state index contributed by atoms with van der Waals surface area (Å²) in [4.78, 5) is 0. The number of benzene rings is 1.